The summed E-state index contributed by atoms with van der Waals surface area (Å²) in [7, 11) is 0. The standard InChI is InChI=1S/C42H39FN4O7S/c43-31-16-14-30(15-17-31)29-12-8-27(9-13-29)22-35-39(49)45-34(21-26-5-2-1-3-6-26)40(50)47-37(42(52)53)23-28-10-18-32(19-11-28)54-25-38(48)44-36(41(51)46-35)24-33-7-4-20-55-33/h1-20,34-37H,21-25H2,(H,44,48)(H,45,49)(H,46,51)(H,47,50)(H,52,53)/t34?,35-,36-,37-/m0/s1. The van der Waals surface area contributed by atoms with Gasteiger partial charge < -0.3 is 31.1 Å². The normalized spacial score (nSPS) is 19.7. The second-order valence-electron chi connectivity index (χ2n) is 13.2. The maximum atomic E-state index is 14.3. The second kappa shape index (κ2) is 18.1. The molecule has 0 fully saturated rings. The first kappa shape index (κ1) is 38.4. The van der Waals surface area contributed by atoms with E-state index in [2.05, 4.69) is 21.3 Å². The van der Waals surface area contributed by atoms with Crippen LogP contribution < -0.4 is 26.0 Å². The number of hydrogen-bond donors (Lipinski definition) is 5. The molecule has 3 heterocycles. The Bertz CT molecular complexity index is 2090. The number of ether oxygens (including phenoxy) is 1. The molecule has 282 valence electrons. The van der Waals surface area contributed by atoms with Crippen LogP contribution in [0, 0.1) is 5.82 Å². The first-order valence-electron chi connectivity index (χ1n) is 17.7. The van der Waals surface area contributed by atoms with Gasteiger partial charge in [0, 0.05) is 30.6 Å². The highest BCUT2D eigenvalue weighted by atomic mass is 32.1. The van der Waals surface area contributed by atoms with Gasteiger partial charge in [-0.1, -0.05) is 84.9 Å². The van der Waals surface area contributed by atoms with E-state index in [-0.39, 0.29) is 31.5 Å². The molecule has 1 aromatic heterocycles. The number of thiophene rings is 1. The van der Waals surface area contributed by atoms with Crippen molar-refractivity contribution in [1.82, 2.24) is 21.3 Å². The molecule has 55 heavy (non-hydrogen) atoms. The van der Waals surface area contributed by atoms with Gasteiger partial charge in [-0.2, -0.15) is 0 Å². The van der Waals surface area contributed by atoms with E-state index in [1.165, 1.54) is 23.5 Å². The van der Waals surface area contributed by atoms with Gasteiger partial charge in [0.1, 0.15) is 35.7 Å². The van der Waals surface area contributed by atoms with E-state index >= 15 is 0 Å². The number of carbonyl (C=O) groups excluding carboxylic acids is 4. The Morgan fingerprint density at radius 3 is 1.80 bits per heavy atom. The molecule has 0 saturated heterocycles. The molecule has 2 aliphatic heterocycles. The van der Waals surface area contributed by atoms with E-state index in [9.17, 15) is 33.5 Å². The minimum Gasteiger partial charge on any atom is -0.484 e. The number of benzene rings is 4. The van der Waals surface area contributed by atoms with Gasteiger partial charge in [-0.25, -0.2) is 9.18 Å². The van der Waals surface area contributed by atoms with Crippen LogP contribution in [-0.2, 0) is 49.7 Å². The zero-order chi connectivity index (χ0) is 38.7. The number of carboxylic acid groups (broad SMARTS) is 1. The first-order chi connectivity index (χ1) is 26.6. The van der Waals surface area contributed by atoms with Crippen LogP contribution in [0.25, 0.3) is 11.1 Å². The molecule has 0 radical (unpaired) electrons. The summed E-state index contributed by atoms with van der Waals surface area (Å²) in [5, 5.41) is 22.9. The summed E-state index contributed by atoms with van der Waals surface area (Å²) < 4.78 is 19.2. The summed E-state index contributed by atoms with van der Waals surface area (Å²) in [6, 6.07) is 27.4. The highest BCUT2D eigenvalue weighted by molar-refractivity contribution is 7.09. The average molecular weight is 763 g/mol. The van der Waals surface area contributed by atoms with Crippen LogP contribution in [-0.4, -0.2) is 65.5 Å². The zero-order valence-electron chi connectivity index (χ0n) is 29.6. The highest BCUT2D eigenvalue weighted by Crippen LogP contribution is 2.21. The van der Waals surface area contributed by atoms with Crippen LogP contribution in [0.15, 0.2) is 121 Å². The summed E-state index contributed by atoms with van der Waals surface area (Å²) in [6.07, 6.45) is 0.0986. The van der Waals surface area contributed by atoms with E-state index < -0.39 is 60.4 Å². The van der Waals surface area contributed by atoms with Crippen molar-refractivity contribution in [2.45, 2.75) is 49.9 Å². The van der Waals surface area contributed by atoms with Crippen molar-refractivity contribution in [3.05, 3.63) is 148 Å². The minimum atomic E-state index is -1.34. The number of carbonyl (C=O) groups is 5. The molecule has 5 N–H and O–H groups in total. The van der Waals surface area contributed by atoms with Crippen molar-refractivity contribution in [2.24, 2.45) is 0 Å². The van der Waals surface area contributed by atoms with E-state index in [1.54, 1.807) is 72.8 Å². The minimum absolute atomic E-state index is 0.00451. The maximum Gasteiger partial charge on any atom is 0.326 e. The van der Waals surface area contributed by atoms with Gasteiger partial charge in [-0.15, -0.1) is 11.3 Å². The third-order valence-electron chi connectivity index (χ3n) is 9.10. The van der Waals surface area contributed by atoms with Gasteiger partial charge in [0.2, 0.25) is 17.7 Å². The Morgan fingerprint density at radius 2 is 1.22 bits per heavy atom. The molecule has 4 amide bonds. The van der Waals surface area contributed by atoms with Gasteiger partial charge >= 0.3 is 5.97 Å². The SMILES string of the molecule is O=C1COc2ccc(cc2)C[C@@H](C(=O)O)NC(=O)C(Cc2ccccc2)NC(=O)[C@H](Cc2ccc(-c3ccc(F)cc3)cc2)NC(=O)[C@H](Cc2cccs2)N1. The average Bonchev–Trinajstić information content (AvgIpc) is 3.70. The zero-order valence-corrected chi connectivity index (χ0v) is 30.4. The number of nitrogens with one attached hydrogen (secondary N) is 4. The van der Waals surface area contributed by atoms with Crippen molar-refractivity contribution in [3.8, 4) is 16.9 Å². The van der Waals surface area contributed by atoms with Gasteiger partial charge in [0.25, 0.3) is 5.91 Å². The molecule has 0 saturated carbocycles. The van der Waals surface area contributed by atoms with Crippen LogP contribution in [0.4, 0.5) is 4.39 Å². The van der Waals surface area contributed by atoms with Gasteiger partial charge in [0.05, 0.1) is 0 Å². The number of hydrogen-bond acceptors (Lipinski definition) is 7. The topological polar surface area (TPSA) is 163 Å². The third-order valence-corrected chi connectivity index (χ3v) is 10.0. The number of amides is 4. The van der Waals surface area contributed by atoms with Crippen LogP contribution >= 0.6 is 11.3 Å². The van der Waals surface area contributed by atoms with Crippen molar-refractivity contribution in [1.29, 1.82) is 0 Å². The monoisotopic (exact) mass is 762 g/mol. The number of carboxylic acids is 1. The molecular weight excluding hydrogens is 724 g/mol. The number of fused-ring (bicyclic) bond motifs is 16. The molecule has 2 bridgehead atoms. The molecule has 0 spiro atoms. The lowest BCUT2D eigenvalue weighted by molar-refractivity contribution is -0.142. The maximum absolute atomic E-state index is 14.3. The van der Waals surface area contributed by atoms with Crippen LogP contribution in [0.5, 0.6) is 5.75 Å². The lowest BCUT2D eigenvalue weighted by Gasteiger charge is -2.26. The first-order valence-corrected chi connectivity index (χ1v) is 18.5. The fourth-order valence-electron chi connectivity index (χ4n) is 6.18. The summed E-state index contributed by atoms with van der Waals surface area (Å²) in [5.41, 5.74) is 3.55. The molecule has 0 aliphatic carbocycles. The van der Waals surface area contributed by atoms with Gasteiger partial charge in [-0.3, -0.25) is 19.2 Å². The Labute approximate surface area is 320 Å². The predicted octanol–water partition coefficient (Wildman–Crippen LogP) is 4.24. The second-order valence-corrected chi connectivity index (χ2v) is 14.2. The van der Waals surface area contributed by atoms with Gasteiger partial charge in [-0.05, 0) is 63.5 Å². The Kier molecular flexibility index (Phi) is 12.7. The summed E-state index contributed by atoms with van der Waals surface area (Å²) >= 11 is 1.41. The Hall–Kier alpha value is -6.34. The fourth-order valence-corrected chi connectivity index (χ4v) is 6.93. The summed E-state index contributed by atoms with van der Waals surface area (Å²) in [5.74, 6) is -3.92. The molecule has 2 aliphatic rings. The van der Waals surface area contributed by atoms with Gasteiger partial charge in [0.15, 0.2) is 6.61 Å². The predicted molar refractivity (Wildman–Crippen MR) is 205 cm³/mol. The smallest absolute Gasteiger partial charge is 0.326 e. The Balaban J connectivity index is 1.34. The molecule has 11 nitrogen and oxygen atoms in total. The molecule has 5 aromatic rings. The molecular formula is C42H39FN4O7S. The highest BCUT2D eigenvalue weighted by Gasteiger charge is 2.32. The lowest BCUT2D eigenvalue weighted by Crippen LogP contribution is -2.59. The molecule has 13 heteroatoms. The number of rotatable bonds is 8. The van der Waals surface area contributed by atoms with Crippen molar-refractivity contribution in [2.75, 3.05) is 6.61 Å². The summed E-state index contributed by atoms with van der Waals surface area (Å²) in [4.78, 5) is 68.6. The van der Waals surface area contributed by atoms with E-state index in [0.29, 0.717) is 22.4 Å². The van der Waals surface area contributed by atoms with Crippen molar-refractivity contribution < 1.29 is 38.2 Å². The fraction of sp³-hybridized carbons (Fsp3) is 0.214. The quantitative estimate of drug-likeness (QED) is 0.148. The number of aliphatic carboxylic acids is 1. The molecule has 7 rings (SSSR count). The Morgan fingerprint density at radius 1 is 0.655 bits per heavy atom. The molecule has 4 atom stereocenters. The number of halogens is 1. The van der Waals surface area contributed by atoms with Crippen LogP contribution in [0.3, 0.4) is 0 Å². The lowest BCUT2D eigenvalue weighted by atomic mass is 9.99. The van der Waals surface area contributed by atoms with Crippen LogP contribution in [0.2, 0.25) is 0 Å². The third kappa shape index (κ3) is 10.9. The summed E-state index contributed by atoms with van der Waals surface area (Å²) in [6.45, 7) is -0.410. The molecule has 1 unspecified atom stereocenters. The largest absolute Gasteiger partial charge is 0.484 e. The van der Waals surface area contributed by atoms with E-state index in [4.69, 9.17) is 4.74 Å². The van der Waals surface area contributed by atoms with Crippen LogP contribution in [0.1, 0.15) is 21.6 Å². The van der Waals surface area contributed by atoms with Crippen molar-refractivity contribution >= 4 is 40.9 Å². The van der Waals surface area contributed by atoms with Crippen molar-refractivity contribution in [3.63, 3.8) is 0 Å². The van der Waals surface area contributed by atoms with E-state index in [1.807, 2.05) is 35.7 Å². The van der Waals surface area contributed by atoms with E-state index in [0.717, 1.165) is 16.0 Å². The molecule has 4 aromatic carbocycles.